The van der Waals surface area contributed by atoms with Crippen LogP contribution in [0.15, 0.2) is 22.3 Å². The number of carbonyl (C=O) groups excluding carboxylic acids is 1. The molecule has 0 saturated carbocycles. The Morgan fingerprint density at radius 2 is 1.43 bits per heavy atom. The van der Waals surface area contributed by atoms with E-state index in [1.54, 1.807) is 22.3 Å². The Morgan fingerprint density at radius 1 is 1.00 bits per heavy atom. The summed E-state index contributed by atoms with van der Waals surface area (Å²) in [5.41, 5.74) is 6.52. The van der Waals surface area contributed by atoms with E-state index in [-0.39, 0.29) is 0 Å². The zero-order valence-electron chi connectivity index (χ0n) is 13.9. The molecule has 3 rings (SSSR count). The predicted octanol–water partition coefficient (Wildman–Crippen LogP) is 1.66. The summed E-state index contributed by atoms with van der Waals surface area (Å²) in [6, 6.07) is 0. The van der Waals surface area contributed by atoms with E-state index in [2.05, 4.69) is 5.92 Å². The number of fused-ring (bicyclic) bond motifs is 1. The summed E-state index contributed by atoms with van der Waals surface area (Å²) in [7, 11) is 1.50. The SMILES string of the molecule is C#CC(=O)[O][Ti+2][CH]1C2=C(CCCC2)C2=C1CCCC2.C[O-].C[O-]. The van der Waals surface area contributed by atoms with Crippen LogP contribution in [0.4, 0.5) is 0 Å². The van der Waals surface area contributed by atoms with Crippen LogP contribution >= 0.6 is 0 Å². The second-order valence-corrected chi connectivity index (χ2v) is 7.09. The maximum atomic E-state index is 11.2. The van der Waals surface area contributed by atoms with Gasteiger partial charge in [0.1, 0.15) is 0 Å². The molecule has 124 valence electrons. The van der Waals surface area contributed by atoms with Crippen LogP contribution in [-0.4, -0.2) is 20.2 Å². The molecule has 0 saturated heterocycles. The van der Waals surface area contributed by atoms with Gasteiger partial charge in [-0.15, -0.1) is 0 Å². The van der Waals surface area contributed by atoms with Gasteiger partial charge in [-0.1, -0.05) is 0 Å². The van der Waals surface area contributed by atoms with E-state index in [0.29, 0.717) is 4.22 Å². The molecule has 0 aromatic rings. The third-order valence-corrected chi connectivity index (χ3v) is 6.40. The molecule has 0 radical (unpaired) electrons. The van der Waals surface area contributed by atoms with Crippen LogP contribution in [0.3, 0.4) is 0 Å². The van der Waals surface area contributed by atoms with Crippen molar-refractivity contribution in [2.75, 3.05) is 14.2 Å². The second-order valence-electron chi connectivity index (χ2n) is 5.51. The topological polar surface area (TPSA) is 72.4 Å². The Hall–Kier alpha value is -0.856. The summed E-state index contributed by atoms with van der Waals surface area (Å²) in [5.74, 6) is 1.60. The molecule has 23 heavy (non-hydrogen) atoms. The normalized spacial score (nSPS) is 19.1. The van der Waals surface area contributed by atoms with Gasteiger partial charge >= 0.3 is 124 Å². The Labute approximate surface area is 148 Å². The van der Waals surface area contributed by atoms with Gasteiger partial charge in [0.2, 0.25) is 0 Å². The van der Waals surface area contributed by atoms with Crippen LogP contribution in [0.5, 0.6) is 0 Å². The van der Waals surface area contributed by atoms with Crippen molar-refractivity contribution in [3.05, 3.63) is 22.3 Å². The third kappa shape index (κ3) is 4.81. The van der Waals surface area contributed by atoms with Gasteiger partial charge in [-0.25, -0.2) is 0 Å². The molecule has 0 aromatic heterocycles. The molecule has 0 aliphatic heterocycles. The molecule has 0 aromatic carbocycles. The first-order valence-electron chi connectivity index (χ1n) is 8.00. The van der Waals surface area contributed by atoms with Crippen molar-refractivity contribution in [1.82, 2.24) is 0 Å². The zero-order valence-corrected chi connectivity index (χ0v) is 15.5. The fraction of sp³-hybridized carbons (Fsp3) is 0.611. The van der Waals surface area contributed by atoms with Crippen LogP contribution in [-0.2, 0) is 27.7 Å². The molecular weight excluding hydrogens is 328 g/mol. The van der Waals surface area contributed by atoms with E-state index in [4.69, 9.17) is 20.0 Å². The van der Waals surface area contributed by atoms with Crippen LogP contribution < -0.4 is 10.2 Å². The van der Waals surface area contributed by atoms with Gasteiger partial charge < -0.3 is 10.2 Å². The van der Waals surface area contributed by atoms with E-state index < -0.39 is 25.5 Å². The first-order valence-corrected chi connectivity index (χ1v) is 9.54. The number of carbonyl (C=O) groups is 1. The molecule has 3 aliphatic rings. The molecule has 0 spiro atoms. The van der Waals surface area contributed by atoms with Gasteiger partial charge in [-0.05, 0) is 0 Å². The molecule has 4 nitrogen and oxygen atoms in total. The standard InChI is InChI=1S/C13H17.C3H2O2.2CH3O.Ti/c1-3-7-12-10(5-1)9-11-6-2-4-8-13(11)12;1-2-3(4)5;2*1-2;/h9H,1-8H2;1H,(H,4,5);2*1H3;/q;;2*-1;+3/p-1. The first kappa shape index (κ1) is 20.2. The maximum Gasteiger partial charge on any atom is -0.153 e. The van der Waals surface area contributed by atoms with Crippen LogP contribution in [0.2, 0.25) is 4.22 Å². The van der Waals surface area contributed by atoms with Gasteiger partial charge in [0.25, 0.3) is 0 Å². The maximum absolute atomic E-state index is 11.2. The Kier molecular flexibility index (Phi) is 9.51. The molecule has 0 bridgehead atoms. The number of terminal acetylenes is 1. The fourth-order valence-electron chi connectivity index (χ4n) is 3.68. The Morgan fingerprint density at radius 3 is 1.87 bits per heavy atom. The van der Waals surface area contributed by atoms with Crippen molar-refractivity contribution in [3.63, 3.8) is 0 Å². The van der Waals surface area contributed by atoms with Crippen LogP contribution in [0.25, 0.3) is 0 Å². The van der Waals surface area contributed by atoms with Gasteiger partial charge in [-0.2, -0.15) is 14.2 Å². The summed E-state index contributed by atoms with van der Waals surface area (Å²) in [6.07, 6.45) is 15.3. The van der Waals surface area contributed by atoms with Crippen molar-refractivity contribution in [1.29, 1.82) is 0 Å². The number of hydrogen-bond acceptors (Lipinski definition) is 4. The molecule has 0 N–H and O–H groups in total. The molecule has 0 atom stereocenters. The minimum absolute atomic E-state index is 0.470. The third-order valence-electron chi connectivity index (χ3n) is 4.47. The average molecular weight is 352 g/mol. The summed E-state index contributed by atoms with van der Waals surface area (Å²) < 4.78 is 5.83. The van der Waals surface area contributed by atoms with E-state index in [0.717, 1.165) is 14.2 Å². The Balaban J connectivity index is 0.000000615. The molecule has 5 heteroatoms. The molecule has 3 aliphatic carbocycles. The quantitative estimate of drug-likeness (QED) is 0.560. The van der Waals surface area contributed by atoms with Crippen molar-refractivity contribution in [2.45, 2.75) is 55.6 Å². The molecule has 0 amide bonds. The van der Waals surface area contributed by atoms with Gasteiger partial charge in [0.05, 0.1) is 0 Å². The molecule has 0 unspecified atom stereocenters. The summed E-state index contributed by atoms with van der Waals surface area (Å²) in [6.45, 7) is 0. The minimum Gasteiger partial charge on any atom is -0.857 e. The Bertz CT molecular complexity index is 482. The van der Waals surface area contributed by atoms with Crippen molar-refractivity contribution < 1.29 is 37.9 Å². The van der Waals surface area contributed by atoms with Gasteiger partial charge in [0, 0.05) is 0 Å². The number of rotatable bonds is 2. The van der Waals surface area contributed by atoms with Crippen LogP contribution in [0, 0.1) is 12.3 Å². The van der Waals surface area contributed by atoms with Crippen LogP contribution in [0.1, 0.15) is 51.4 Å². The predicted molar refractivity (Wildman–Crippen MR) is 81.5 cm³/mol. The zero-order chi connectivity index (χ0) is 17.2. The van der Waals surface area contributed by atoms with Gasteiger partial charge in [0.15, 0.2) is 0 Å². The minimum atomic E-state index is -0.773. The van der Waals surface area contributed by atoms with Crippen molar-refractivity contribution >= 4 is 5.97 Å². The van der Waals surface area contributed by atoms with E-state index in [1.165, 1.54) is 51.4 Å². The fourth-order valence-corrected chi connectivity index (χ4v) is 5.56. The molecule has 0 fully saturated rings. The summed E-state index contributed by atoms with van der Waals surface area (Å²) >= 11 is -0.773. The van der Waals surface area contributed by atoms with Crippen molar-refractivity contribution in [3.8, 4) is 12.3 Å². The van der Waals surface area contributed by atoms with E-state index >= 15 is 0 Å². The molecular formula is C18H24O4Ti. The second kappa shape index (κ2) is 10.8. The van der Waals surface area contributed by atoms with Gasteiger partial charge in [-0.3, -0.25) is 0 Å². The molecule has 0 heterocycles. The number of hydrogen-bond donors (Lipinski definition) is 0. The number of allylic oxidation sites excluding steroid dienone is 4. The van der Waals surface area contributed by atoms with E-state index in [1.807, 2.05) is 0 Å². The monoisotopic (exact) mass is 352 g/mol. The summed E-state index contributed by atoms with van der Waals surface area (Å²) in [4.78, 5) is 11.2. The van der Waals surface area contributed by atoms with E-state index in [9.17, 15) is 4.79 Å². The van der Waals surface area contributed by atoms with Crippen molar-refractivity contribution in [2.24, 2.45) is 0 Å². The largest absolute Gasteiger partial charge is 0.857 e. The average Bonchev–Trinajstić information content (AvgIpc) is 2.97. The first-order chi connectivity index (χ1) is 11.3. The summed E-state index contributed by atoms with van der Waals surface area (Å²) in [5, 5.41) is 16.5. The smallest absolute Gasteiger partial charge is 0.153 e.